The average molecular weight is 285 g/mol. The van der Waals surface area contributed by atoms with Crippen molar-refractivity contribution in [3.05, 3.63) is 16.5 Å². The first-order valence-corrected chi connectivity index (χ1v) is 6.64. The lowest BCUT2D eigenvalue weighted by Gasteiger charge is -2.07. The zero-order valence-electron chi connectivity index (χ0n) is 8.37. The molecule has 0 atom stereocenters. The van der Waals surface area contributed by atoms with Gasteiger partial charge in [-0.25, -0.2) is 4.98 Å². The zero-order chi connectivity index (χ0) is 12.2. The molecule has 0 aliphatic heterocycles. The summed E-state index contributed by atoms with van der Waals surface area (Å²) in [6.07, 6.45) is 0.687. The van der Waals surface area contributed by atoms with E-state index in [1.165, 1.54) is 6.07 Å². The Morgan fingerprint density at radius 2 is 2.06 bits per heavy atom. The normalized spacial score (nSPS) is 11.4. The van der Waals surface area contributed by atoms with Crippen LogP contribution in [-0.4, -0.2) is 24.9 Å². The Hall–Kier alpha value is -0.630. The van der Waals surface area contributed by atoms with E-state index in [0.717, 1.165) is 0 Å². The summed E-state index contributed by atoms with van der Waals surface area (Å²) in [5.41, 5.74) is 0. The molecule has 1 heterocycles. The van der Waals surface area contributed by atoms with Crippen molar-refractivity contribution in [2.75, 3.05) is 11.3 Å². The highest BCUT2D eigenvalue weighted by Crippen LogP contribution is 2.14. The van der Waals surface area contributed by atoms with Gasteiger partial charge in [0.1, 0.15) is 11.0 Å². The molecule has 1 rings (SSSR count). The topological polar surface area (TPSA) is 84.0 Å². The van der Waals surface area contributed by atoms with E-state index in [2.05, 4.69) is 19.4 Å². The molecule has 0 fully saturated rings. The van der Waals surface area contributed by atoms with Crippen LogP contribution in [0, 0.1) is 0 Å². The molecule has 0 radical (unpaired) electrons. The molecule has 0 bridgehead atoms. The maximum absolute atomic E-state index is 11.4. The van der Waals surface area contributed by atoms with Gasteiger partial charge in [0.2, 0.25) is 5.28 Å². The van der Waals surface area contributed by atoms with E-state index in [9.17, 15) is 8.42 Å². The number of halogens is 2. The lowest BCUT2D eigenvalue weighted by molar-refractivity contribution is 0.586. The molecule has 0 saturated carbocycles. The molecule has 1 aromatic rings. The first-order chi connectivity index (χ1) is 7.43. The highest BCUT2D eigenvalue weighted by Gasteiger charge is 2.10. The summed E-state index contributed by atoms with van der Waals surface area (Å²) in [6, 6.07) is 1.26. The Bertz CT molecular complexity index is 445. The molecule has 0 unspecified atom stereocenters. The van der Waals surface area contributed by atoms with Crippen LogP contribution < -0.4 is 9.44 Å². The minimum absolute atomic E-state index is 0.0219. The highest BCUT2D eigenvalue weighted by molar-refractivity contribution is 7.90. The van der Waals surface area contributed by atoms with Crippen molar-refractivity contribution >= 4 is 39.2 Å². The van der Waals surface area contributed by atoms with Crippen molar-refractivity contribution in [2.45, 2.75) is 13.3 Å². The fourth-order valence-corrected chi connectivity index (χ4v) is 2.19. The molecule has 0 aliphatic rings. The summed E-state index contributed by atoms with van der Waals surface area (Å²) < 4.78 is 27.3. The minimum Gasteiger partial charge on any atom is -0.254 e. The van der Waals surface area contributed by atoms with Crippen molar-refractivity contribution in [1.82, 2.24) is 14.7 Å². The quantitative estimate of drug-likeness (QED) is 0.633. The predicted octanol–water partition coefficient (Wildman–Crippen LogP) is 1.44. The fourth-order valence-electron chi connectivity index (χ4n) is 0.852. The highest BCUT2D eigenvalue weighted by atomic mass is 35.5. The maximum Gasteiger partial charge on any atom is 0.300 e. The van der Waals surface area contributed by atoms with Crippen molar-refractivity contribution in [2.24, 2.45) is 0 Å². The number of nitrogens with zero attached hydrogens (tertiary/aromatic N) is 2. The first-order valence-electron chi connectivity index (χ1n) is 4.40. The van der Waals surface area contributed by atoms with Gasteiger partial charge in [0, 0.05) is 12.6 Å². The summed E-state index contributed by atoms with van der Waals surface area (Å²) in [5.74, 6) is 0.0219. The van der Waals surface area contributed by atoms with Crippen LogP contribution in [0.25, 0.3) is 0 Å². The molecule has 0 aromatic carbocycles. The van der Waals surface area contributed by atoms with Gasteiger partial charge in [-0.15, -0.1) is 0 Å². The van der Waals surface area contributed by atoms with Crippen LogP contribution in [0.1, 0.15) is 13.3 Å². The first kappa shape index (κ1) is 13.4. The predicted molar refractivity (Wildman–Crippen MR) is 62.9 cm³/mol. The number of anilines is 1. The molecule has 0 amide bonds. The summed E-state index contributed by atoms with van der Waals surface area (Å²) in [6.45, 7) is 2.18. The third kappa shape index (κ3) is 4.48. The van der Waals surface area contributed by atoms with Crippen molar-refractivity contribution < 1.29 is 8.42 Å². The second-order valence-corrected chi connectivity index (χ2v) is 5.07. The minimum atomic E-state index is -3.64. The largest absolute Gasteiger partial charge is 0.300 e. The van der Waals surface area contributed by atoms with E-state index >= 15 is 0 Å². The van der Waals surface area contributed by atoms with Gasteiger partial charge in [-0.2, -0.15) is 18.1 Å². The van der Waals surface area contributed by atoms with Crippen LogP contribution in [0.2, 0.25) is 10.4 Å². The molecule has 9 heteroatoms. The van der Waals surface area contributed by atoms with Gasteiger partial charge >= 0.3 is 0 Å². The molecule has 0 saturated heterocycles. The monoisotopic (exact) mass is 284 g/mol. The van der Waals surface area contributed by atoms with Gasteiger partial charge < -0.3 is 0 Å². The van der Waals surface area contributed by atoms with E-state index in [1.54, 1.807) is 0 Å². The van der Waals surface area contributed by atoms with Crippen LogP contribution in [0.4, 0.5) is 5.82 Å². The molecular weight excluding hydrogens is 275 g/mol. The molecule has 0 aliphatic carbocycles. The molecule has 0 spiro atoms. The second kappa shape index (κ2) is 5.62. The number of rotatable bonds is 5. The SMILES string of the molecule is CCCNS(=O)(=O)Nc1cc(Cl)nc(Cl)n1. The zero-order valence-corrected chi connectivity index (χ0v) is 10.7. The van der Waals surface area contributed by atoms with Gasteiger partial charge in [-0.3, -0.25) is 4.72 Å². The lowest BCUT2D eigenvalue weighted by Crippen LogP contribution is -2.31. The molecule has 6 nitrogen and oxygen atoms in total. The Balaban J connectivity index is 2.80. The molecule has 90 valence electrons. The maximum atomic E-state index is 11.4. The van der Waals surface area contributed by atoms with E-state index in [-0.39, 0.29) is 16.3 Å². The van der Waals surface area contributed by atoms with E-state index in [1.807, 2.05) is 6.92 Å². The molecule has 1 aromatic heterocycles. The Morgan fingerprint density at radius 1 is 1.38 bits per heavy atom. The molecule has 16 heavy (non-hydrogen) atoms. The van der Waals surface area contributed by atoms with Gasteiger partial charge in [0.15, 0.2) is 0 Å². The van der Waals surface area contributed by atoms with E-state index in [0.29, 0.717) is 13.0 Å². The average Bonchev–Trinajstić information content (AvgIpc) is 2.12. The second-order valence-electron chi connectivity index (χ2n) is 2.84. The van der Waals surface area contributed by atoms with Gasteiger partial charge in [-0.1, -0.05) is 18.5 Å². The fraction of sp³-hybridized carbons (Fsp3) is 0.429. The van der Waals surface area contributed by atoms with E-state index < -0.39 is 10.2 Å². The third-order valence-corrected chi connectivity index (χ3v) is 2.87. The van der Waals surface area contributed by atoms with Crippen molar-refractivity contribution in [3.8, 4) is 0 Å². The summed E-state index contributed by atoms with van der Waals surface area (Å²) in [4.78, 5) is 7.26. The summed E-state index contributed by atoms with van der Waals surface area (Å²) in [5, 5.41) is -0.0612. The number of hydrogen-bond acceptors (Lipinski definition) is 4. The van der Waals surface area contributed by atoms with Crippen LogP contribution in [0.3, 0.4) is 0 Å². The third-order valence-electron chi connectivity index (χ3n) is 1.45. The molecule has 2 N–H and O–H groups in total. The van der Waals surface area contributed by atoms with Crippen molar-refractivity contribution in [1.29, 1.82) is 0 Å². The summed E-state index contributed by atoms with van der Waals surface area (Å²) >= 11 is 11.1. The Morgan fingerprint density at radius 3 is 2.62 bits per heavy atom. The van der Waals surface area contributed by atoms with Gasteiger partial charge in [-0.05, 0) is 18.0 Å². The standard InChI is InChI=1S/C7H10Cl2N4O2S/c1-2-3-10-16(14,15)13-6-4-5(8)11-7(9)12-6/h4,10H,2-3H2,1H3,(H,11,12,13). The Labute approximate surface area is 104 Å². The number of aromatic nitrogens is 2. The van der Waals surface area contributed by atoms with Crippen LogP contribution in [0.15, 0.2) is 6.07 Å². The Kier molecular flexibility index (Phi) is 4.72. The summed E-state index contributed by atoms with van der Waals surface area (Å²) in [7, 11) is -3.64. The van der Waals surface area contributed by atoms with Gasteiger partial charge in [0.05, 0.1) is 0 Å². The lowest BCUT2D eigenvalue weighted by atomic mass is 10.5. The van der Waals surface area contributed by atoms with Gasteiger partial charge in [0.25, 0.3) is 10.2 Å². The van der Waals surface area contributed by atoms with Crippen molar-refractivity contribution in [3.63, 3.8) is 0 Å². The molecular formula is C7H10Cl2N4O2S. The van der Waals surface area contributed by atoms with Crippen LogP contribution in [0.5, 0.6) is 0 Å². The number of nitrogens with one attached hydrogen (secondary N) is 2. The smallest absolute Gasteiger partial charge is 0.254 e. The van der Waals surface area contributed by atoms with Crippen LogP contribution >= 0.6 is 23.2 Å². The number of hydrogen-bond donors (Lipinski definition) is 2. The van der Waals surface area contributed by atoms with E-state index in [4.69, 9.17) is 23.2 Å². The van der Waals surface area contributed by atoms with Crippen LogP contribution in [-0.2, 0) is 10.2 Å².